The number of aromatic nitrogens is 4. The first-order chi connectivity index (χ1) is 12.3. The van der Waals surface area contributed by atoms with Crippen LogP contribution in [0.4, 0.5) is 10.5 Å². The van der Waals surface area contributed by atoms with Gasteiger partial charge < -0.3 is 15.4 Å². The first-order valence-corrected chi connectivity index (χ1v) is 7.86. The minimum atomic E-state index is -0.341. The first kappa shape index (κ1) is 16.4. The number of amides is 2. The topological polar surface area (TPSA) is 94.0 Å². The van der Waals surface area contributed by atoms with Crippen molar-refractivity contribution < 1.29 is 9.53 Å². The van der Waals surface area contributed by atoms with Crippen LogP contribution in [0, 0.1) is 0 Å². The molecule has 0 atom stereocenters. The van der Waals surface area contributed by atoms with Crippen molar-refractivity contribution in [1.29, 1.82) is 0 Å². The van der Waals surface area contributed by atoms with E-state index < -0.39 is 0 Å². The highest BCUT2D eigenvalue weighted by Gasteiger charge is 2.09. The summed E-state index contributed by atoms with van der Waals surface area (Å²) in [6.07, 6.45) is 0. The molecule has 2 amide bonds. The summed E-state index contributed by atoms with van der Waals surface area (Å²) < 4.78 is 6.94. The molecule has 0 radical (unpaired) electrons. The number of para-hydroxylation sites is 1. The Morgan fingerprint density at radius 1 is 1.12 bits per heavy atom. The summed E-state index contributed by atoms with van der Waals surface area (Å²) in [4.78, 5) is 12.0. The van der Waals surface area contributed by atoms with Gasteiger partial charge in [0.25, 0.3) is 0 Å². The van der Waals surface area contributed by atoms with Crippen LogP contribution >= 0.6 is 0 Å². The third-order valence-electron chi connectivity index (χ3n) is 3.37. The number of ether oxygens (including phenoxy) is 1. The van der Waals surface area contributed by atoms with E-state index in [1.807, 2.05) is 37.3 Å². The number of carbonyl (C=O) groups excluding carboxylic acids is 1. The molecule has 128 valence electrons. The molecule has 2 N–H and O–H groups in total. The van der Waals surface area contributed by atoms with Gasteiger partial charge in [-0.1, -0.05) is 18.2 Å². The molecule has 8 heteroatoms. The van der Waals surface area contributed by atoms with E-state index in [0.717, 1.165) is 11.4 Å². The molecule has 0 unspecified atom stereocenters. The summed E-state index contributed by atoms with van der Waals surface area (Å²) in [5, 5.41) is 17.0. The van der Waals surface area contributed by atoms with Crippen LogP contribution in [0.3, 0.4) is 0 Å². The molecule has 1 heterocycles. The van der Waals surface area contributed by atoms with E-state index in [4.69, 9.17) is 4.74 Å². The molecule has 25 heavy (non-hydrogen) atoms. The Hall–Kier alpha value is -3.42. The monoisotopic (exact) mass is 338 g/mol. The fourth-order valence-corrected chi connectivity index (χ4v) is 2.22. The van der Waals surface area contributed by atoms with E-state index in [0.29, 0.717) is 18.1 Å². The van der Waals surface area contributed by atoms with Crippen LogP contribution in [0.15, 0.2) is 54.6 Å². The van der Waals surface area contributed by atoms with Crippen molar-refractivity contribution in [2.24, 2.45) is 0 Å². The summed E-state index contributed by atoms with van der Waals surface area (Å²) in [6.45, 7) is 2.72. The smallest absolute Gasteiger partial charge is 0.319 e. The Bertz CT molecular complexity index is 817. The Labute approximate surface area is 144 Å². The fourth-order valence-electron chi connectivity index (χ4n) is 2.22. The van der Waals surface area contributed by atoms with Gasteiger partial charge in [-0.3, -0.25) is 0 Å². The van der Waals surface area contributed by atoms with Crippen molar-refractivity contribution in [3.05, 3.63) is 60.4 Å². The summed E-state index contributed by atoms with van der Waals surface area (Å²) in [7, 11) is 0. The lowest BCUT2D eigenvalue weighted by Gasteiger charge is -2.09. The molecule has 0 fully saturated rings. The molecular weight excluding hydrogens is 320 g/mol. The van der Waals surface area contributed by atoms with Crippen LogP contribution in [0.1, 0.15) is 12.7 Å². The third kappa shape index (κ3) is 4.31. The van der Waals surface area contributed by atoms with E-state index in [1.54, 1.807) is 28.9 Å². The number of benzene rings is 2. The van der Waals surface area contributed by atoms with Gasteiger partial charge in [0.2, 0.25) is 0 Å². The Balaban J connectivity index is 1.57. The molecule has 1 aromatic heterocycles. The van der Waals surface area contributed by atoms with E-state index in [2.05, 4.69) is 26.2 Å². The maximum Gasteiger partial charge on any atom is 0.319 e. The van der Waals surface area contributed by atoms with E-state index in [9.17, 15) is 4.79 Å². The highest BCUT2D eigenvalue weighted by Crippen LogP contribution is 2.15. The third-order valence-corrected chi connectivity index (χ3v) is 3.37. The molecule has 0 aliphatic heterocycles. The van der Waals surface area contributed by atoms with Gasteiger partial charge in [-0.15, -0.1) is 5.10 Å². The molecule has 0 saturated carbocycles. The average Bonchev–Trinajstić information content (AvgIpc) is 3.11. The standard InChI is InChI=1S/C17H18N6O2/c1-2-25-15-10-8-13(9-11-15)19-17(24)18-12-16-20-21-22-23(16)14-6-4-3-5-7-14/h3-11H,2,12H2,1H3,(H2,18,19,24). The number of urea groups is 1. The van der Waals surface area contributed by atoms with Gasteiger partial charge in [-0.05, 0) is 53.7 Å². The number of rotatable bonds is 6. The van der Waals surface area contributed by atoms with Crippen LogP contribution in [0.2, 0.25) is 0 Å². The van der Waals surface area contributed by atoms with E-state index in [1.165, 1.54) is 0 Å². The first-order valence-electron chi connectivity index (χ1n) is 7.86. The van der Waals surface area contributed by atoms with Crippen LogP contribution < -0.4 is 15.4 Å². The second kappa shape index (κ2) is 7.91. The number of hydrogen-bond acceptors (Lipinski definition) is 5. The molecule has 0 bridgehead atoms. The lowest BCUT2D eigenvalue weighted by Crippen LogP contribution is -2.29. The van der Waals surface area contributed by atoms with Crippen LogP contribution in [-0.2, 0) is 6.54 Å². The molecule has 3 aromatic rings. The highest BCUT2D eigenvalue weighted by molar-refractivity contribution is 5.89. The van der Waals surface area contributed by atoms with E-state index in [-0.39, 0.29) is 12.6 Å². The average molecular weight is 338 g/mol. The molecule has 0 aliphatic carbocycles. The number of anilines is 1. The Kier molecular flexibility index (Phi) is 5.20. The Morgan fingerprint density at radius 3 is 2.60 bits per heavy atom. The second-order valence-corrected chi connectivity index (χ2v) is 5.11. The highest BCUT2D eigenvalue weighted by atomic mass is 16.5. The minimum absolute atomic E-state index is 0.199. The molecule has 3 rings (SSSR count). The second-order valence-electron chi connectivity index (χ2n) is 5.11. The van der Waals surface area contributed by atoms with E-state index >= 15 is 0 Å². The summed E-state index contributed by atoms with van der Waals surface area (Å²) in [5.74, 6) is 1.29. The van der Waals surface area contributed by atoms with Crippen molar-refractivity contribution in [2.45, 2.75) is 13.5 Å². The van der Waals surface area contributed by atoms with Crippen molar-refractivity contribution in [3.63, 3.8) is 0 Å². The Morgan fingerprint density at radius 2 is 1.88 bits per heavy atom. The quantitative estimate of drug-likeness (QED) is 0.720. The lowest BCUT2D eigenvalue weighted by molar-refractivity contribution is 0.251. The van der Waals surface area contributed by atoms with Crippen LogP contribution in [-0.4, -0.2) is 32.8 Å². The maximum absolute atomic E-state index is 12.0. The molecule has 0 spiro atoms. The molecule has 0 saturated heterocycles. The number of hydrogen-bond donors (Lipinski definition) is 2. The molecular formula is C17H18N6O2. The van der Waals surface area contributed by atoms with Crippen molar-refractivity contribution in [3.8, 4) is 11.4 Å². The zero-order valence-electron chi connectivity index (χ0n) is 13.7. The number of nitrogens with one attached hydrogen (secondary N) is 2. The SMILES string of the molecule is CCOc1ccc(NC(=O)NCc2nnnn2-c2ccccc2)cc1. The largest absolute Gasteiger partial charge is 0.494 e. The predicted octanol–water partition coefficient (Wildman–Crippen LogP) is 2.38. The van der Waals surface area contributed by atoms with Gasteiger partial charge >= 0.3 is 6.03 Å². The lowest BCUT2D eigenvalue weighted by atomic mass is 10.3. The summed E-state index contributed by atoms with van der Waals surface area (Å²) >= 11 is 0. The zero-order valence-corrected chi connectivity index (χ0v) is 13.7. The number of carbonyl (C=O) groups is 1. The summed E-state index contributed by atoms with van der Waals surface area (Å²) in [5.41, 5.74) is 1.50. The number of tetrazole rings is 1. The number of nitrogens with zero attached hydrogens (tertiary/aromatic N) is 4. The molecule has 0 aliphatic rings. The van der Waals surface area contributed by atoms with Crippen molar-refractivity contribution in [1.82, 2.24) is 25.5 Å². The van der Waals surface area contributed by atoms with Crippen LogP contribution in [0.25, 0.3) is 5.69 Å². The van der Waals surface area contributed by atoms with Crippen molar-refractivity contribution >= 4 is 11.7 Å². The van der Waals surface area contributed by atoms with Gasteiger partial charge in [0.05, 0.1) is 18.8 Å². The van der Waals surface area contributed by atoms with Gasteiger partial charge in [0, 0.05) is 5.69 Å². The van der Waals surface area contributed by atoms with Crippen LogP contribution in [0.5, 0.6) is 5.75 Å². The van der Waals surface area contributed by atoms with Gasteiger partial charge in [0.15, 0.2) is 5.82 Å². The zero-order chi connectivity index (χ0) is 17.5. The minimum Gasteiger partial charge on any atom is -0.494 e. The normalized spacial score (nSPS) is 10.3. The molecule has 8 nitrogen and oxygen atoms in total. The van der Waals surface area contributed by atoms with Gasteiger partial charge in [-0.25, -0.2) is 4.79 Å². The molecule has 2 aromatic carbocycles. The maximum atomic E-state index is 12.0. The predicted molar refractivity (Wildman–Crippen MR) is 92.6 cm³/mol. The van der Waals surface area contributed by atoms with Crippen molar-refractivity contribution in [2.75, 3.05) is 11.9 Å². The van der Waals surface area contributed by atoms with Gasteiger partial charge in [-0.2, -0.15) is 4.68 Å². The fraction of sp³-hybridized carbons (Fsp3) is 0.176. The summed E-state index contributed by atoms with van der Waals surface area (Å²) in [6, 6.07) is 16.3. The van der Waals surface area contributed by atoms with Gasteiger partial charge in [0.1, 0.15) is 5.75 Å².